The number of hydrogen-bond donors (Lipinski definition) is 1. The number of carbonyl (C=O) groups is 1. The number of nitrogens with zero attached hydrogens (tertiary/aromatic N) is 1. The molecule has 0 saturated carbocycles. The van der Waals surface area contributed by atoms with E-state index < -0.39 is 0 Å². The van der Waals surface area contributed by atoms with E-state index in [9.17, 15) is 10.1 Å². The first-order valence-electron chi connectivity index (χ1n) is 9.86. The van der Waals surface area contributed by atoms with Crippen LogP contribution in [-0.4, -0.2) is 18.6 Å². The second-order valence-corrected chi connectivity index (χ2v) is 8.03. The van der Waals surface area contributed by atoms with Gasteiger partial charge < -0.3 is 14.8 Å². The molecule has 1 aliphatic rings. The molecule has 0 radical (unpaired) electrons. The number of ether oxygens (including phenoxy) is 2. The Morgan fingerprint density at radius 2 is 2.11 bits per heavy atom. The molecule has 1 aliphatic heterocycles. The number of nitrogens with one attached hydrogen (secondary N) is 1. The molecule has 1 aromatic heterocycles. The predicted molar refractivity (Wildman–Crippen MR) is 111 cm³/mol. The van der Waals surface area contributed by atoms with Gasteiger partial charge in [0.2, 0.25) is 0 Å². The van der Waals surface area contributed by atoms with Crippen molar-refractivity contribution in [1.82, 2.24) is 0 Å². The lowest BCUT2D eigenvalue weighted by atomic mass is 9.99. The Labute approximate surface area is 170 Å². The van der Waals surface area contributed by atoms with Gasteiger partial charge in [0.1, 0.15) is 16.8 Å². The first-order valence-corrected chi connectivity index (χ1v) is 10.7. The summed E-state index contributed by atoms with van der Waals surface area (Å²) < 4.78 is 11.5. The van der Waals surface area contributed by atoms with Gasteiger partial charge in [-0.2, -0.15) is 5.26 Å². The zero-order chi connectivity index (χ0) is 19.9. The molecule has 1 N–H and O–H groups in total. The number of unbranched alkanes of at least 4 members (excludes halogenated alkanes) is 1. The van der Waals surface area contributed by atoms with E-state index >= 15 is 0 Å². The van der Waals surface area contributed by atoms with Crippen molar-refractivity contribution in [3.8, 4) is 11.8 Å². The van der Waals surface area contributed by atoms with E-state index in [1.807, 2.05) is 0 Å². The molecule has 1 aromatic carbocycles. The summed E-state index contributed by atoms with van der Waals surface area (Å²) in [4.78, 5) is 13.7. The van der Waals surface area contributed by atoms with Crippen LogP contribution in [0.5, 0.6) is 5.75 Å². The molecule has 28 heavy (non-hydrogen) atoms. The Morgan fingerprint density at radius 3 is 2.79 bits per heavy atom. The maximum absolute atomic E-state index is 12.6. The summed E-state index contributed by atoms with van der Waals surface area (Å²) in [6.45, 7) is 5.43. The molecule has 2 aromatic rings. The molecule has 1 atom stereocenters. The van der Waals surface area contributed by atoms with Crippen molar-refractivity contribution in [3.63, 3.8) is 0 Å². The molecule has 0 spiro atoms. The fraction of sp³-hybridized carbons (Fsp3) is 0.455. The normalized spacial score (nSPS) is 15.5. The lowest BCUT2D eigenvalue weighted by Gasteiger charge is -2.22. The fourth-order valence-corrected chi connectivity index (χ4v) is 4.35. The van der Waals surface area contributed by atoms with Crippen molar-refractivity contribution in [2.24, 2.45) is 0 Å². The molecule has 0 fully saturated rings. The quantitative estimate of drug-likeness (QED) is 0.613. The summed E-state index contributed by atoms with van der Waals surface area (Å²) in [5, 5.41) is 13.2. The van der Waals surface area contributed by atoms with Gasteiger partial charge in [0.15, 0.2) is 0 Å². The molecule has 6 heteroatoms. The average Bonchev–Trinajstić information content (AvgIpc) is 3.05. The minimum absolute atomic E-state index is 0.156. The van der Waals surface area contributed by atoms with Crippen LogP contribution in [0.25, 0.3) is 0 Å². The van der Waals surface area contributed by atoms with Gasteiger partial charge in [-0.1, -0.05) is 26.7 Å². The van der Waals surface area contributed by atoms with E-state index in [0.29, 0.717) is 29.3 Å². The van der Waals surface area contributed by atoms with Crippen LogP contribution >= 0.6 is 11.3 Å². The minimum atomic E-state index is -0.221. The third-order valence-electron chi connectivity index (χ3n) is 4.81. The smallest absolute Gasteiger partial charge is 0.256 e. The van der Waals surface area contributed by atoms with E-state index in [-0.39, 0.29) is 12.0 Å². The number of rotatable bonds is 8. The van der Waals surface area contributed by atoms with E-state index in [1.54, 1.807) is 24.3 Å². The Morgan fingerprint density at radius 1 is 1.32 bits per heavy atom. The summed E-state index contributed by atoms with van der Waals surface area (Å²) in [7, 11) is 0. The highest BCUT2D eigenvalue weighted by atomic mass is 32.1. The van der Waals surface area contributed by atoms with Crippen LogP contribution < -0.4 is 10.1 Å². The second kappa shape index (κ2) is 9.72. The third-order valence-corrected chi connectivity index (χ3v) is 5.93. The number of nitriles is 1. The van der Waals surface area contributed by atoms with Gasteiger partial charge in [0, 0.05) is 16.9 Å². The van der Waals surface area contributed by atoms with Crippen LogP contribution in [0.1, 0.15) is 65.9 Å². The summed E-state index contributed by atoms with van der Waals surface area (Å²) in [6, 6.07) is 9.38. The second-order valence-electron chi connectivity index (χ2n) is 6.93. The molecule has 148 valence electrons. The van der Waals surface area contributed by atoms with Crippen molar-refractivity contribution in [1.29, 1.82) is 5.26 Å². The first-order chi connectivity index (χ1) is 13.7. The first kappa shape index (κ1) is 20.4. The van der Waals surface area contributed by atoms with E-state index in [0.717, 1.165) is 48.3 Å². The van der Waals surface area contributed by atoms with Crippen LogP contribution in [0.15, 0.2) is 24.3 Å². The topological polar surface area (TPSA) is 71.3 Å². The van der Waals surface area contributed by atoms with Gasteiger partial charge in [-0.05, 0) is 42.7 Å². The number of benzene rings is 1. The number of thiophene rings is 1. The highest BCUT2D eigenvalue weighted by Gasteiger charge is 2.27. The lowest BCUT2D eigenvalue weighted by molar-refractivity contribution is 0.0250. The lowest BCUT2D eigenvalue weighted by Crippen LogP contribution is -2.21. The minimum Gasteiger partial charge on any atom is -0.494 e. The molecule has 1 amide bonds. The zero-order valence-corrected chi connectivity index (χ0v) is 17.2. The average molecular weight is 399 g/mol. The van der Waals surface area contributed by atoms with Gasteiger partial charge >= 0.3 is 0 Å². The number of carbonyl (C=O) groups excluding carboxylic acids is 1. The molecule has 0 unspecified atom stereocenters. The molecular weight excluding hydrogens is 372 g/mol. The maximum Gasteiger partial charge on any atom is 0.256 e. The molecular formula is C22H26N2O3S. The Kier molecular flexibility index (Phi) is 7.07. The molecule has 0 bridgehead atoms. The largest absolute Gasteiger partial charge is 0.494 e. The Bertz CT molecular complexity index is 852. The van der Waals surface area contributed by atoms with Gasteiger partial charge in [-0.3, -0.25) is 4.79 Å². The van der Waals surface area contributed by atoms with Gasteiger partial charge in [-0.15, -0.1) is 11.3 Å². The van der Waals surface area contributed by atoms with Crippen LogP contribution in [0, 0.1) is 11.3 Å². The van der Waals surface area contributed by atoms with Crippen molar-refractivity contribution < 1.29 is 14.3 Å². The summed E-state index contributed by atoms with van der Waals surface area (Å²) in [5.74, 6) is 0.537. The van der Waals surface area contributed by atoms with Gasteiger partial charge in [0.05, 0.1) is 24.9 Å². The summed E-state index contributed by atoms with van der Waals surface area (Å²) in [5.41, 5.74) is 2.16. The van der Waals surface area contributed by atoms with Crippen LogP contribution in [-0.2, 0) is 17.8 Å². The fourth-order valence-electron chi connectivity index (χ4n) is 3.25. The third kappa shape index (κ3) is 4.73. The van der Waals surface area contributed by atoms with Crippen molar-refractivity contribution in [3.05, 3.63) is 45.8 Å². The van der Waals surface area contributed by atoms with E-state index in [4.69, 9.17) is 9.47 Å². The van der Waals surface area contributed by atoms with E-state index in [1.165, 1.54) is 11.3 Å². The van der Waals surface area contributed by atoms with E-state index in [2.05, 4.69) is 25.2 Å². The van der Waals surface area contributed by atoms with Gasteiger partial charge in [0.25, 0.3) is 5.91 Å². The van der Waals surface area contributed by atoms with Gasteiger partial charge in [-0.25, -0.2) is 0 Å². The monoisotopic (exact) mass is 398 g/mol. The SMILES string of the molecule is CCCCOc1ccc(C(=O)Nc2sc3c(c2C#N)C[C@@H](CCC)OC3)cc1. The van der Waals surface area contributed by atoms with Crippen molar-refractivity contribution in [2.45, 2.75) is 58.7 Å². The van der Waals surface area contributed by atoms with Crippen molar-refractivity contribution in [2.75, 3.05) is 11.9 Å². The highest BCUT2D eigenvalue weighted by Crippen LogP contribution is 2.38. The molecule has 3 rings (SSSR count). The number of hydrogen-bond acceptors (Lipinski definition) is 5. The molecule has 0 saturated heterocycles. The predicted octanol–water partition coefficient (Wildman–Crippen LogP) is 5.29. The summed E-state index contributed by atoms with van der Waals surface area (Å²) >= 11 is 1.44. The maximum atomic E-state index is 12.6. The van der Waals surface area contributed by atoms with Crippen LogP contribution in [0.2, 0.25) is 0 Å². The van der Waals surface area contributed by atoms with Crippen molar-refractivity contribution >= 4 is 22.2 Å². The summed E-state index contributed by atoms with van der Waals surface area (Å²) in [6.07, 6.45) is 5.01. The van der Waals surface area contributed by atoms with Crippen LogP contribution in [0.3, 0.4) is 0 Å². The highest BCUT2D eigenvalue weighted by molar-refractivity contribution is 7.16. The number of anilines is 1. The molecule has 2 heterocycles. The number of fused-ring (bicyclic) bond motifs is 1. The Balaban J connectivity index is 1.70. The Hall–Kier alpha value is -2.36. The molecule has 5 nitrogen and oxygen atoms in total. The van der Waals surface area contributed by atoms with Crippen LogP contribution in [0.4, 0.5) is 5.00 Å². The molecule has 0 aliphatic carbocycles. The standard InChI is InChI=1S/C22H26N2O3S/c1-3-5-11-26-16-9-7-15(8-10-16)21(25)24-22-19(13-23)18-12-17(6-4-2)27-14-20(18)28-22/h7-10,17H,3-6,11-12,14H2,1-2H3,(H,24,25)/t17-/m1/s1. The number of amides is 1. The zero-order valence-electron chi connectivity index (χ0n) is 16.4.